The number of nitrogens with one attached hydrogen (secondary N) is 1. The molecule has 1 saturated carbocycles. The molecule has 5 heteroatoms. The quantitative estimate of drug-likeness (QED) is 0.737. The number of hydrogen-bond acceptors (Lipinski definition) is 4. The van der Waals surface area contributed by atoms with Crippen LogP contribution in [0.25, 0.3) is 11.1 Å². The molecule has 2 aromatic rings. The smallest absolute Gasteiger partial charge is 0.320 e. The first-order valence-electron chi connectivity index (χ1n) is 9.45. The van der Waals surface area contributed by atoms with Gasteiger partial charge in [-0.2, -0.15) is 0 Å². The lowest BCUT2D eigenvalue weighted by Crippen LogP contribution is -2.47. The number of fused-ring (bicyclic) bond motifs is 3. The van der Waals surface area contributed by atoms with Gasteiger partial charge in [0.2, 0.25) is 0 Å². The number of aliphatic carboxylic acids is 1. The van der Waals surface area contributed by atoms with Crippen molar-refractivity contribution in [3.05, 3.63) is 59.7 Å². The molecule has 4 rings (SSSR count). The summed E-state index contributed by atoms with van der Waals surface area (Å²) in [6.07, 6.45) is 2.85. The van der Waals surface area contributed by atoms with E-state index in [4.69, 9.17) is 4.74 Å². The van der Waals surface area contributed by atoms with E-state index in [2.05, 4.69) is 29.6 Å². The Labute approximate surface area is 158 Å². The topological polar surface area (TPSA) is 75.6 Å². The van der Waals surface area contributed by atoms with Crippen LogP contribution in [0.3, 0.4) is 0 Å². The number of carbonyl (C=O) groups is 2. The Morgan fingerprint density at radius 3 is 2.15 bits per heavy atom. The summed E-state index contributed by atoms with van der Waals surface area (Å²) in [7, 11) is 0. The summed E-state index contributed by atoms with van der Waals surface area (Å²) < 4.78 is 5.51. The molecule has 5 nitrogen and oxygen atoms in total. The van der Waals surface area contributed by atoms with Crippen LogP contribution in [-0.4, -0.2) is 36.2 Å². The Balaban J connectivity index is 1.38. The summed E-state index contributed by atoms with van der Waals surface area (Å²) in [6, 6.07) is 15.7. The Morgan fingerprint density at radius 2 is 1.63 bits per heavy atom. The third-order valence-electron chi connectivity index (χ3n) is 5.73. The average Bonchev–Trinajstić information content (AvgIpc) is 2.95. The predicted octanol–water partition coefficient (Wildman–Crippen LogP) is 3.19. The van der Waals surface area contributed by atoms with Gasteiger partial charge in [-0.3, -0.25) is 14.9 Å². The minimum absolute atomic E-state index is 0.0169. The molecule has 0 spiro atoms. The molecule has 2 N–H and O–H groups in total. The SMILES string of the molecule is O=C(CNC(C(=O)O)C1CCC1)OCC1c2ccccc2-c2ccccc21. The van der Waals surface area contributed by atoms with E-state index < -0.39 is 18.0 Å². The van der Waals surface area contributed by atoms with E-state index in [1.54, 1.807) is 0 Å². The second kappa shape index (κ2) is 7.53. The maximum absolute atomic E-state index is 12.2. The fraction of sp³-hybridized carbons (Fsp3) is 0.364. The maximum Gasteiger partial charge on any atom is 0.320 e. The first-order valence-corrected chi connectivity index (χ1v) is 9.45. The summed E-state index contributed by atoms with van der Waals surface area (Å²) in [5.74, 6) is -1.18. The normalized spacial score (nSPS) is 16.9. The number of carboxylic acids is 1. The summed E-state index contributed by atoms with van der Waals surface area (Å²) in [4.78, 5) is 23.6. The molecular weight excluding hydrogens is 342 g/mol. The van der Waals surface area contributed by atoms with Crippen LogP contribution in [0.2, 0.25) is 0 Å². The molecule has 0 radical (unpaired) electrons. The largest absolute Gasteiger partial charge is 0.480 e. The third-order valence-corrected chi connectivity index (χ3v) is 5.73. The zero-order valence-electron chi connectivity index (χ0n) is 15.1. The van der Waals surface area contributed by atoms with E-state index >= 15 is 0 Å². The first kappa shape index (κ1) is 17.7. The maximum atomic E-state index is 12.2. The van der Waals surface area contributed by atoms with Crippen LogP contribution >= 0.6 is 0 Å². The molecule has 0 bridgehead atoms. The molecule has 140 valence electrons. The number of esters is 1. The third kappa shape index (κ3) is 3.47. The van der Waals surface area contributed by atoms with Gasteiger partial charge in [0.25, 0.3) is 0 Å². The van der Waals surface area contributed by atoms with Gasteiger partial charge in [-0.05, 0) is 41.0 Å². The van der Waals surface area contributed by atoms with Gasteiger partial charge in [0, 0.05) is 5.92 Å². The molecule has 1 fully saturated rings. The molecule has 0 aromatic heterocycles. The highest BCUT2D eigenvalue weighted by Gasteiger charge is 2.33. The van der Waals surface area contributed by atoms with Crippen LogP contribution in [0.5, 0.6) is 0 Å². The van der Waals surface area contributed by atoms with Crippen molar-refractivity contribution in [1.29, 1.82) is 0 Å². The highest BCUT2D eigenvalue weighted by Crippen LogP contribution is 2.44. The van der Waals surface area contributed by atoms with Crippen molar-refractivity contribution >= 4 is 11.9 Å². The Kier molecular flexibility index (Phi) is 4.94. The summed E-state index contributed by atoms with van der Waals surface area (Å²) in [5.41, 5.74) is 4.70. The molecule has 2 aromatic carbocycles. The van der Waals surface area contributed by atoms with Gasteiger partial charge in [-0.25, -0.2) is 0 Å². The van der Waals surface area contributed by atoms with E-state index in [9.17, 15) is 14.7 Å². The number of benzene rings is 2. The fourth-order valence-electron chi connectivity index (χ4n) is 4.09. The molecule has 1 unspecified atom stereocenters. The van der Waals surface area contributed by atoms with Crippen molar-refractivity contribution in [1.82, 2.24) is 5.32 Å². The van der Waals surface area contributed by atoms with Gasteiger partial charge in [-0.15, -0.1) is 0 Å². The predicted molar refractivity (Wildman–Crippen MR) is 101 cm³/mol. The monoisotopic (exact) mass is 365 g/mol. The van der Waals surface area contributed by atoms with E-state index in [1.807, 2.05) is 24.3 Å². The fourth-order valence-corrected chi connectivity index (χ4v) is 4.09. The van der Waals surface area contributed by atoms with Crippen molar-refractivity contribution < 1.29 is 19.4 Å². The van der Waals surface area contributed by atoms with Crippen molar-refractivity contribution in [2.45, 2.75) is 31.2 Å². The molecule has 27 heavy (non-hydrogen) atoms. The Bertz CT molecular complexity index is 813. The Morgan fingerprint density at radius 1 is 1.04 bits per heavy atom. The van der Waals surface area contributed by atoms with Crippen LogP contribution in [-0.2, 0) is 14.3 Å². The van der Waals surface area contributed by atoms with Crippen molar-refractivity contribution in [3.63, 3.8) is 0 Å². The number of carboxylic acid groups (broad SMARTS) is 1. The van der Waals surface area contributed by atoms with Gasteiger partial charge in [0.15, 0.2) is 0 Å². The summed E-state index contributed by atoms with van der Waals surface area (Å²) >= 11 is 0. The Hall–Kier alpha value is -2.66. The van der Waals surface area contributed by atoms with E-state index in [-0.39, 0.29) is 25.0 Å². The van der Waals surface area contributed by atoms with Gasteiger partial charge >= 0.3 is 11.9 Å². The van der Waals surface area contributed by atoms with Crippen molar-refractivity contribution in [2.75, 3.05) is 13.2 Å². The van der Waals surface area contributed by atoms with Gasteiger partial charge < -0.3 is 9.84 Å². The number of hydrogen-bond donors (Lipinski definition) is 2. The lowest BCUT2D eigenvalue weighted by Gasteiger charge is -2.31. The second-order valence-corrected chi connectivity index (χ2v) is 7.30. The first-order chi connectivity index (χ1) is 13.1. The summed E-state index contributed by atoms with van der Waals surface area (Å²) in [5, 5.41) is 12.2. The van der Waals surface area contributed by atoms with E-state index in [1.165, 1.54) is 11.1 Å². The zero-order valence-corrected chi connectivity index (χ0v) is 15.1. The van der Waals surface area contributed by atoms with Crippen LogP contribution < -0.4 is 5.32 Å². The van der Waals surface area contributed by atoms with Gasteiger partial charge in [0.1, 0.15) is 12.6 Å². The lowest BCUT2D eigenvalue weighted by atomic mass is 9.79. The molecule has 2 aliphatic rings. The molecular formula is C22H23NO4. The average molecular weight is 365 g/mol. The minimum atomic E-state index is -0.897. The number of carbonyl (C=O) groups excluding carboxylic acids is 1. The highest BCUT2D eigenvalue weighted by molar-refractivity contribution is 5.79. The molecule has 0 amide bonds. The van der Waals surface area contributed by atoms with Crippen LogP contribution in [0.4, 0.5) is 0 Å². The minimum Gasteiger partial charge on any atom is -0.480 e. The second-order valence-electron chi connectivity index (χ2n) is 7.30. The van der Waals surface area contributed by atoms with E-state index in [0.29, 0.717) is 0 Å². The highest BCUT2D eigenvalue weighted by atomic mass is 16.5. The van der Waals surface area contributed by atoms with Crippen molar-refractivity contribution in [2.24, 2.45) is 5.92 Å². The summed E-state index contributed by atoms with van der Waals surface area (Å²) in [6.45, 7) is 0.180. The molecule has 2 aliphatic carbocycles. The lowest BCUT2D eigenvalue weighted by molar-refractivity contribution is -0.145. The molecule has 0 aliphatic heterocycles. The van der Waals surface area contributed by atoms with Crippen LogP contribution in [0.1, 0.15) is 36.3 Å². The van der Waals surface area contributed by atoms with Gasteiger partial charge in [0.05, 0.1) is 6.54 Å². The standard InChI is InChI=1S/C22H23NO4/c24-20(12-23-21(22(25)26)14-6-5-7-14)27-13-19-17-10-3-1-8-15(17)16-9-2-4-11-18(16)19/h1-4,8-11,14,19,21,23H,5-7,12-13H2,(H,25,26). The number of rotatable bonds is 7. The molecule has 1 atom stereocenters. The molecule has 0 heterocycles. The van der Waals surface area contributed by atoms with Crippen LogP contribution in [0, 0.1) is 5.92 Å². The van der Waals surface area contributed by atoms with Gasteiger partial charge in [-0.1, -0.05) is 55.0 Å². The van der Waals surface area contributed by atoms with Crippen LogP contribution in [0.15, 0.2) is 48.5 Å². The molecule has 0 saturated heterocycles. The van der Waals surface area contributed by atoms with E-state index in [0.717, 1.165) is 30.4 Å². The zero-order chi connectivity index (χ0) is 18.8. The number of ether oxygens (including phenoxy) is 1. The van der Waals surface area contributed by atoms with Crippen molar-refractivity contribution in [3.8, 4) is 11.1 Å².